The smallest absolute Gasteiger partial charge is 0.329 e. The number of hydrogen-bond donors (Lipinski definition) is 2. The van der Waals surface area contributed by atoms with E-state index in [0.717, 1.165) is 11.1 Å². The SMILES string of the molecule is COc1ccc(N(Cc2ccncc2)C(=O)C(Cc2ccccc2)NC(=O)NS(=O)(=O)c2ccccc2C)cc1. The van der Waals surface area contributed by atoms with Crippen LogP contribution >= 0.6 is 0 Å². The number of carbonyl (C=O) groups is 2. The highest BCUT2D eigenvalue weighted by Crippen LogP contribution is 2.23. The molecule has 3 amide bonds. The number of hydrogen-bond acceptors (Lipinski definition) is 6. The number of methoxy groups -OCH3 is 1. The van der Waals surface area contributed by atoms with Crippen LogP contribution in [0.5, 0.6) is 5.75 Å². The Labute approximate surface area is 233 Å². The van der Waals surface area contributed by atoms with Crippen molar-refractivity contribution >= 4 is 27.6 Å². The van der Waals surface area contributed by atoms with Crippen LogP contribution in [0.3, 0.4) is 0 Å². The summed E-state index contributed by atoms with van der Waals surface area (Å²) in [6.07, 6.45) is 3.41. The Morgan fingerprint density at radius 2 is 1.52 bits per heavy atom. The zero-order valence-electron chi connectivity index (χ0n) is 22.2. The minimum absolute atomic E-state index is 0.0198. The number of ether oxygens (including phenoxy) is 1. The molecule has 0 aliphatic rings. The monoisotopic (exact) mass is 558 g/mol. The molecule has 0 radical (unpaired) electrons. The van der Waals surface area contributed by atoms with Gasteiger partial charge < -0.3 is 15.0 Å². The van der Waals surface area contributed by atoms with Crippen LogP contribution in [0, 0.1) is 6.92 Å². The van der Waals surface area contributed by atoms with Gasteiger partial charge in [-0.1, -0.05) is 48.5 Å². The molecule has 0 aliphatic carbocycles. The maximum absolute atomic E-state index is 14.1. The third-order valence-electron chi connectivity index (χ3n) is 6.24. The molecule has 0 bridgehead atoms. The predicted octanol–water partition coefficient (Wildman–Crippen LogP) is 4.23. The van der Waals surface area contributed by atoms with E-state index in [-0.39, 0.29) is 17.9 Å². The molecule has 0 saturated carbocycles. The highest BCUT2D eigenvalue weighted by molar-refractivity contribution is 7.90. The molecule has 0 fully saturated rings. The van der Waals surface area contributed by atoms with Crippen LogP contribution in [-0.2, 0) is 27.8 Å². The fourth-order valence-corrected chi connectivity index (χ4v) is 5.35. The van der Waals surface area contributed by atoms with Gasteiger partial charge in [-0.2, -0.15) is 0 Å². The van der Waals surface area contributed by atoms with Gasteiger partial charge in [-0.15, -0.1) is 0 Å². The van der Waals surface area contributed by atoms with Gasteiger partial charge in [0.15, 0.2) is 0 Å². The van der Waals surface area contributed by atoms with Crippen LogP contribution in [0.1, 0.15) is 16.7 Å². The second-order valence-corrected chi connectivity index (χ2v) is 10.7. The summed E-state index contributed by atoms with van der Waals surface area (Å²) in [5, 5.41) is 2.61. The van der Waals surface area contributed by atoms with Crippen LogP contribution in [-0.4, -0.2) is 38.5 Å². The summed E-state index contributed by atoms with van der Waals surface area (Å²) in [5.74, 6) is 0.203. The number of aromatic nitrogens is 1. The van der Waals surface area contributed by atoms with Crippen molar-refractivity contribution in [1.29, 1.82) is 0 Å². The molecule has 0 spiro atoms. The molecular formula is C30H30N4O5S. The molecule has 0 aliphatic heterocycles. The first-order valence-corrected chi connectivity index (χ1v) is 14.0. The maximum Gasteiger partial charge on any atom is 0.329 e. The van der Waals surface area contributed by atoms with Gasteiger partial charge in [0.1, 0.15) is 11.8 Å². The number of nitrogens with zero attached hydrogens (tertiary/aromatic N) is 2. The van der Waals surface area contributed by atoms with Gasteiger partial charge in [-0.05, 0) is 66.1 Å². The molecule has 1 unspecified atom stereocenters. The van der Waals surface area contributed by atoms with Crippen molar-refractivity contribution in [2.45, 2.75) is 30.8 Å². The highest BCUT2D eigenvalue weighted by Gasteiger charge is 2.29. The first kappa shape index (κ1) is 28.3. The molecule has 2 N–H and O–H groups in total. The van der Waals surface area contributed by atoms with Crippen molar-refractivity contribution in [1.82, 2.24) is 15.0 Å². The Bertz CT molecular complexity index is 1550. The van der Waals surface area contributed by atoms with Crippen LogP contribution < -0.4 is 19.7 Å². The first-order chi connectivity index (χ1) is 19.3. The van der Waals surface area contributed by atoms with Crippen molar-refractivity contribution in [2.24, 2.45) is 0 Å². The van der Waals surface area contributed by atoms with E-state index in [0.29, 0.717) is 17.0 Å². The molecular weight excluding hydrogens is 528 g/mol. The third-order valence-corrected chi connectivity index (χ3v) is 7.73. The standard InChI is InChI=1S/C30H30N4O5S/c1-22-8-6-7-11-28(22)40(37,38)33-30(36)32-27(20-23-9-4-3-5-10-23)29(35)34(21-24-16-18-31-19-17-24)25-12-14-26(39-2)15-13-25/h3-19,27H,20-21H2,1-2H3,(H2,32,33,36). The Morgan fingerprint density at radius 3 is 2.17 bits per heavy atom. The zero-order valence-corrected chi connectivity index (χ0v) is 23.0. The molecule has 4 aromatic rings. The molecule has 4 rings (SSSR count). The Balaban J connectivity index is 1.65. The number of anilines is 1. The average molecular weight is 559 g/mol. The van der Waals surface area contributed by atoms with Crippen molar-refractivity contribution in [3.05, 3.63) is 120 Å². The van der Waals surface area contributed by atoms with Gasteiger partial charge in [0.25, 0.3) is 10.0 Å². The number of rotatable bonds is 10. The van der Waals surface area contributed by atoms with Crippen LogP contribution in [0.15, 0.2) is 108 Å². The van der Waals surface area contributed by atoms with Crippen molar-refractivity contribution in [3.63, 3.8) is 0 Å². The second kappa shape index (κ2) is 12.9. The molecule has 206 valence electrons. The number of urea groups is 1. The summed E-state index contributed by atoms with van der Waals surface area (Å²) >= 11 is 0. The van der Waals surface area contributed by atoms with E-state index in [1.165, 1.54) is 6.07 Å². The lowest BCUT2D eigenvalue weighted by Gasteiger charge is -2.28. The number of pyridine rings is 1. The lowest BCUT2D eigenvalue weighted by atomic mass is 10.0. The van der Waals surface area contributed by atoms with Gasteiger partial charge in [-0.3, -0.25) is 9.78 Å². The summed E-state index contributed by atoms with van der Waals surface area (Å²) in [4.78, 5) is 32.7. The zero-order chi connectivity index (χ0) is 28.5. The number of nitrogens with one attached hydrogen (secondary N) is 2. The quantitative estimate of drug-likeness (QED) is 0.301. The van der Waals surface area contributed by atoms with Gasteiger partial charge in [0.05, 0.1) is 18.6 Å². The largest absolute Gasteiger partial charge is 0.497 e. The molecule has 3 aromatic carbocycles. The molecule has 1 atom stereocenters. The predicted molar refractivity (Wildman–Crippen MR) is 152 cm³/mol. The van der Waals surface area contributed by atoms with Crippen LogP contribution in [0.25, 0.3) is 0 Å². The van der Waals surface area contributed by atoms with Crippen LogP contribution in [0.4, 0.5) is 10.5 Å². The number of benzene rings is 3. The summed E-state index contributed by atoms with van der Waals surface area (Å²) in [6, 6.07) is 24.0. The molecule has 9 nitrogen and oxygen atoms in total. The van der Waals surface area contributed by atoms with Crippen molar-refractivity contribution in [3.8, 4) is 5.75 Å². The van der Waals surface area contributed by atoms with E-state index in [1.807, 2.05) is 30.3 Å². The molecule has 10 heteroatoms. The first-order valence-electron chi connectivity index (χ1n) is 12.5. The highest BCUT2D eigenvalue weighted by atomic mass is 32.2. The Hall–Kier alpha value is -4.70. The van der Waals surface area contributed by atoms with E-state index >= 15 is 0 Å². The Morgan fingerprint density at radius 1 is 0.875 bits per heavy atom. The van der Waals surface area contributed by atoms with E-state index in [1.54, 1.807) is 85.9 Å². The van der Waals surface area contributed by atoms with E-state index < -0.39 is 28.0 Å². The van der Waals surface area contributed by atoms with E-state index in [4.69, 9.17) is 4.74 Å². The summed E-state index contributed by atoms with van der Waals surface area (Å²) in [7, 11) is -2.62. The fourth-order valence-electron chi connectivity index (χ4n) is 4.19. The number of aryl methyl sites for hydroxylation is 1. The molecule has 0 saturated heterocycles. The molecule has 1 heterocycles. The van der Waals surface area contributed by atoms with Gasteiger partial charge in [-0.25, -0.2) is 17.9 Å². The lowest BCUT2D eigenvalue weighted by Crippen LogP contribution is -2.53. The fraction of sp³-hybridized carbons (Fsp3) is 0.167. The van der Waals surface area contributed by atoms with Gasteiger partial charge in [0, 0.05) is 24.5 Å². The number of sulfonamides is 1. The summed E-state index contributed by atoms with van der Waals surface area (Å²) < 4.78 is 33.2. The molecule has 40 heavy (non-hydrogen) atoms. The lowest BCUT2D eigenvalue weighted by molar-refractivity contribution is -0.120. The molecule has 1 aromatic heterocycles. The summed E-state index contributed by atoms with van der Waals surface area (Å²) in [5.41, 5.74) is 2.68. The Kier molecular flexibility index (Phi) is 9.13. The number of carbonyl (C=O) groups excluding carboxylic acids is 2. The van der Waals surface area contributed by atoms with Gasteiger partial charge in [0.2, 0.25) is 5.91 Å². The third kappa shape index (κ3) is 7.23. The van der Waals surface area contributed by atoms with Crippen molar-refractivity contribution in [2.75, 3.05) is 12.0 Å². The second-order valence-electron chi connectivity index (χ2n) is 9.06. The van der Waals surface area contributed by atoms with E-state index in [9.17, 15) is 18.0 Å². The number of amides is 3. The summed E-state index contributed by atoms with van der Waals surface area (Å²) in [6.45, 7) is 1.84. The minimum Gasteiger partial charge on any atom is -0.497 e. The van der Waals surface area contributed by atoms with Crippen LogP contribution in [0.2, 0.25) is 0 Å². The van der Waals surface area contributed by atoms with E-state index in [2.05, 4.69) is 15.0 Å². The normalized spacial score (nSPS) is 11.8. The van der Waals surface area contributed by atoms with Gasteiger partial charge >= 0.3 is 6.03 Å². The topological polar surface area (TPSA) is 118 Å². The van der Waals surface area contributed by atoms with Crippen molar-refractivity contribution < 1.29 is 22.7 Å². The minimum atomic E-state index is -4.17. The average Bonchev–Trinajstić information content (AvgIpc) is 2.96. The maximum atomic E-state index is 14.1.